The average Bonchev–Trinajstić information content (AvgIpc) is 2.71. The van der Waals surface area contributed by atoms with Gasteiger partial charge in [-0.05, 0) is 38.5 Å². The summed E-state index contributed by atoms with van der Waals surface area (Å²) in [5.41, 5.74) is 0. The molecule has 0 aromatic carbocycles. The predicted octanol–water partition coefficient (Wildman–Crippen LogP) is 7.51. The molecule has 1 aliphatic heterocycles. The lowest BCUT2D eigenvalue weighted by Crippen LogP contribution is -2.33. The number of carbonyl (C=O) groups is 1. The number of hydrogen-bond donors (Lipinski definition) is 0. The van der Waals surface area contributed by atoms with Crippen LogP contribution >= 0.6 is 0 Å². The van der Waals surface area contributed by atoms with Crippen molar-refractivity contribution in [1.29, 1.82) is 0 Å². The van der Waals surface area contributed by atoms with Crippen molar-refractivity contribution in [3.05, 3.63) is 0 Å². The highest BCUT2D eigenvalue weighted by molar-refractivity contribution is 5.60. The summed E-state index contributed by atoms with van der Waals surface area (Å²) in [5.74, 6) is 0. The Hall–Kier alpha value is -0.770. The molecule has 0 aliphatic carbocycles. The van der Waals surface area contributed by atoms with Gasteiger partial charge in [0.2, 0.25) is 0 Å². The molecule has 1 aliphatic rings. The van der Waals surface area contributed by atoms with Crippen molar-refractivity contribution in [2.75, 3.05) is 6.54 Å². The van der Waals surface area contributed by atoms with Crippen LogP contribution in [-0.4, -0.2) is 25.0 Å². The number of carbonyl (C=O) groups excluding carboxylic acids is 1. The molecule has 165 valence electrons. The Bertz CT molecular complexity index is 356. The molecule has 0 amide bonds. The number of nitrogens with zero attached hydrogens (tertiary/aromatic N) is 1. The normalized spacial score (nSPS) is 18.0. The molecule has 1 radical (unpaired) electrons. The second-order valence-electron chi connectivity index (χ2n) is 8.40. The van der Waals surface area contributed by atoms with Gasteiger partial charge in [0.1, 0.15) is 6.10 Å². The Morgan fingerprint density at radius 3 is 1.93 bits per heavy atom. The van der Waals surface area contributed by atoms with Crippen molar-refractivity contribution >= 4 is 6.16 Å². The van der Waals surface area contributed by atoms with Crippen LogP contribution in [0.25, 0.3) is 0 Å². The van der Waals surface area contributed by atoms with Gasteiger partial charge in [-0.2, -0.15) is 0 Å². The van der Waals surface area contributed by atoms with E-state index in [1.54, 1.807) is 0 Å². The summed E-state index contributed by atoms with van der Waals surface area (Å²) in [7, 11) is 0. The van der Waals surface area contributed by atoms with Crippen molar-refractivity contribution in [2.45, 2.75) is 142 Å². The molecule has 2 unspecified atom stereocenters. The Balaban J connectivity index is 1.90. The van der Waals surface area contributed by atoms with Crippen LogP contribution in [0, 0.1) is 0 Å². The summed E-state index contributed by atoms with van der Waals surface area (Å²) in [6, 6.07) is 0. The van der Waals surface area contributed by atoms with Crippen LogP contribution in [-0.2, 0) is 9.47 Å². The molecule has 2 atom stereocenters. The molecule has 1 rings (SSSR count). The van der Waals surface area contributed by atoms with E-state index in [0.29, 0.717) is 0 Å². The molecule has 1 saturated heterocycles. The first-order valence-corrected chi connectivity index (χ1v) is 12.3. The first kappa shape index (κ1) is 25.3. The molecule has 0 saturated carbocycles. The molecular weight excluding hydrogens is 350 g/mol. The third kappa shape index (κ3) is 14.3. The largest absolute Gasteiger partial charge is 0.510 e. The van der Waals surface area contributed by atoms with Crippen LogP contribution in [0.4, 0.5) is 4.79 Å². The summed E-state index contributed by atoms with van der Waals surface area (Å²) >= 11 is 0. The Morgan fingerprint density at radius 2 is 1.43 bits per heavy atom. The minimum Gasteiger partial charge on any atom is -0.431 e. The first-order chi connectivity index (χ1) is 13.8. The highest BCUT2D eigenvalue weighted by Gasteiger charge is 2.21. The topological polar surface area (TPSA) is 49.6 Å². The molecule has 0 bridgehead atoms. The summed E-state index contributed by atoms with van der Waals surface area (Å²) in [4.78, 5) is 11.9. The number of hydrogen-bond acceptors (Lipinski definition) is 3. The summed E-state index contributed by atoms with van der Waals surface area (Å²) in [6.07, 6.45) is 21.7. The van der Waals surface area contributed by atoms with Gasteiger partial charge in [0, 0.05) is 6.54 Å². The minimum atomic E-state index is -0.530. The third-order valence-electron chi connectivity index (χ3n) is 5.77. The van der Waals surface area contributed by atoms with E-state index in [1.807, 2.05) is 0 Å². The van der Waals surface area contributed by atoms with Gasteiger partial charge in [-0.25, -0.2) is 10.1 Å². The number of unbranched alkanes of at least 4 members (excludes halogenated alkanes) is 12. The summed E-state index contributed by atoms with van der Waals surface area (Å²) in [5, 5.41) is 4.32. The fourth-order valence-corrected chi connectivity index (χ4v) is 3.86. The van der Waals surface area contributed by atoms with Crippen LogP contribution in [0.15, 0.2) is 0 Å². The lowest BCUT2D eigenvalue weighted by molar-refractivity contribution is -0.0222. The Kier molecular flexibility index (Phi) is 16.5. The van der Waals surface area contributed by atoms with E-state index in [4.69, 9.17) is 9.47 Å². The van der Waals surface area contributed by atoms with Gasteiger partial charge in [-0.3, -0.25) is 0 Å². The van der Waals surface area contributed by atoms with Crippen LogP contribution in [0.3, 0.4) is 0 Å². The van der Waals surface area contributed by atoms with E-state index in [-0.39, 0.29) is 12.3 Å². The van der Waals surface area contributed by atoms with Crippen LogP contribution in [0.1, 0.15) is 129 Å². The Morgan fingerprint density at radius 1 is 0.857 bits per heavy atom. The van der Waals surface area contributed by atoms with E-state index in [2.05, 4.69) is 19.2 Å². The number of ether oxygens (including phenoxy) is 2. The van der Waals surface area contributed by atoms with Gasteiger partial charge >= 0.3 is 6.16 Å². The molecule has 0 aromatic heterocycles. The lowest BCUT2D eigenvalue weighted by atomic mass is 10.0. The fraction of sp³-hybridized carbons (Fsp3) is 0.958. The van der Waals surface area contributed by atoms with Gasteiger partial charge in [0.05, 0.1) is 0 Å². The highest BCUT2D eigenvalue weighted by Crippen LogP contribution is 2.16. The van der Waals surface area contributed by atoms with Gasteiger partial charge < -0.3 is 9.47 Å². The van der Waals surface area contributed by atoms with E-state index in [9.17, 15) is 4.79 Å². The van der Waals surface area contributed by atoms with Crippen molar-refractivity contribution < 1.29 is 14.3 Å². The molecule has 0 spiro atoms. The molecule has 1 heterocycles. The summed E-state index contributed by atoms with van der Waals surface area (Å²) in [6.45, 7) is 5.15. The Labute approximate surface area is 174 Å². The zero-order valence-corrected chi connectivity index (χ0v) is 18.8. The zero-order chi connectivity index (χ0) is 20.3. The van der Waals surface area contributed by atoms with Crippen LogP contribution in [0.5, 0.6) is 0 Å². The minimum absolute atomic E-state index is 0.0104. The quantitative estimate of drug-likeness (QED) is 0.189. The molecular formula is C24H46NO3. The first-order valence-electron chi connectivity index (χ1n) is 12.3. The maximum absolute atomic E-state index is 11.9. The molecule has 0 aromatic rings. The summed E-state index contributed by atoms with van der Waals surface area (Å²) < 4.78 is 10.8. The maximum Gasteiger partial charge on any atom is 0.510 e. The molecule has 4 nitrogen and oxygen atoms in total. The fourth-order valence-electron chi connectivity index (χ4n) is 3.86. The third-order valence-corrected chi connectivity index (χ3v) is 5.77. The van der Waals surface area contributed by atoms with Crippen LogP contribution in [0.2, 0.25) is 0 Å². The van der Waals surface area contributed by atoms with Gasteiger partial charge in [0.25, 0.3) is 0 Å². The van der Waals surface area contributed by atoms with E-state index >= 15 is 0 Å². The van der Waals surface area contributed by atoms with E-state index in [0.717, 1.165) is 45.1 Å². The van der Waals surface area contributed by atoms with Crippen LogP contribution < -0.4 is 5.32 Å². The van der Waals surface area contributed by atoms with Crippen molar-refractivity contribution in [1.82, 2.24) is 5.32 Å². The predicted molar refractivity (Wildman–Crippen MR) is 117 cm³/mol. The van der Waals surface area contributed by atoms with E-state index in [1.165, 1.54) is 77.0 Å². The van der Waals surface area contributed by atoms with Crippen molar-refractivity contribution in [3.63, 3.8) is 0 Å². The number of rotatable bonds is 17. The average molecular weight is 397 g/mol. The van der Waals surface area contributed by atoms with Gasteiger partial charge in [0.15, 0.2) is 6.23 Å². The molecule has 1 fully saturated rings. The zero-order valence-electron chi connectivity index (χ0n) is 18.8. The van der Waals surface area contributed by atoms with Gasteiger partial charge in [-0.1, -0.05) is 90.9 Å². The van der Waals surface area contributed by atoms with Crippen molar-refractivity contribution in [3.8, 4) is 0 Å². The van der Waals surface area contributed by atoms with Gasteiger partial charge in [-0.15, -0.1) is 0 Å². The second-order valence-corrected chi connectivity index (χ2v) is 8.40. The maximum atomic E-state index is 11.9. The highest BCUT2D eigenvalue weighted by atomic mass is 16.7. The lowest BCUT2D eigenvalue weighted by Gasteiger charge is -2.23. The second kappa shape index (κ2) is 18.3. The molecule has 4 heteroatoms. The standard InChI is InChI=1S/C24H46NO3/c1-3-5-6-7-8-9-10-11-12-13-14-15-16-19-22(4-2)27-24(26)28-23-20-17-18-21-25-23/h22-23H,3-21H2,1-2H3. The molecule has 28 heavy (non-hydrogen) atoms. The number of piperidine rings is 1. The van der Waals surface area contributed by atoms with Crippen molar-refractivity contribution in [2.24, 2.45) is 0 Å². The SMILES string of the molecule is CCCCCCCCCCCCCCCC(CC)OC(=O)OC1CCCC[N]1. The molecule has 0 N–H and O–H groups in total. The smallest absolute Gasteiger partial charge is 0.431 e. The van der Waals surface area contributed by atoms with E-state index < -0.39 is 6.16 Å². The monoisotopic (exact) mass is 396 g/mol.